The standard InChI is InChI=1S/C28H35N5O5S/c1-29-39(35,36)26-9-5-8-25(14-26)37-20-24(34)18-30-23-15-28(38-19-23)10-12-33(13-11-28)27-31-16-22(17-32-27)21-6-3-2-4-7-21/h2-9,14,16-17,23-24,29-30,34H,10-13,15,18-20H2,1H3. The molecule has 0 aliphatic carbocycles. The molecule has 3 N–H and O–H groups in total. The molecule has 1 spiro atoms. The van der Waals surface area contributed by atoms with Crippen molar-refractivity contribution in [2.75, 3.05) is 44.8 Å². The second-order valence-corrected chi connectivity index (χ2v) is 12.0. The van der Waals surface area contributed by atoms with Crippen LogP contribution in [0.25, 0.3) is 11.1 Å². The number of piperidine rings is 1. The minimum Gasteiger partial charge on any atom is -0.491 e. The van der Waals surface area contributed by atoms with Gasteiger partial charge in [-0.05, 0) is 44.0 Å². The molecular formula is C28H35N5O5S. The molecule has 208 valence electrons. The van der Waals surface area contributed by atoms with Gasteiger partial charge in [-0.15, -0.1) is 0 Å². The fourth-order valence-corrected chi connectivity index (χ4v) is 5.87. The third-order valence-electron chi connectivity index (χ3n) is 7.38. The van der Waals surface area contributed by atoms with Crippen molar-refractivity contribution < 1.29 is 23.0 Å². The maximum Gasteiger partial charge on any atom is 0.240 e. The van der Waals surface area contributed by atoms with Gasteiger partial charge in [0.15, 0.2) is 0 Å². The van der Waals surface area contributed by atoms with Crippen LogP contribution in [-0.2, 0) is 14.8 Å². The molecule has 2 aliphatic heterocycles. The van der Waals surface area contributed by atoms with Gasteiger partial charge >= 0.3 is 0 Å². The molecule has 0 amide bonds. The van der Waals surface area contributed by atoms with E-state index < -0.39 is 16.1 Å². The summed E-state index contributed by atoms with van der Waals surface area (Å²) in [5.74, 6) is 1.13. The van der Waals surface area contributed by atoms with Gasteiger partial charge in [0.25, 0.3) is 0 Å². The minimum atomic E-state index is -3.55. The summed E-state index contributed by atoms with van der Waals surface area (Å²) in [5.41, 5.74) is 1.94. The first-order valence-electron chi connectivity index (χ1n) is 13.2. The minimum absolute atomic E-state index is 0.0484. The van der Waals surface area contributed by atoms with E-state index in [0.717, 1.165) is 49.4 Å². The highest BCUT2D eigenvalue weighted by Gasteiger charge is 2.43. The largest absolute Gasteiger partial charge is 0.491 e. The number of aromatic nitrogens is 2. The van der Waals surface area contributed by atoms with E-state index in [2.05, 4.69) is 37.0 Å². The molecule has 3 aromatic rings. The number of aliphatic hydroxyl groups is 1. The second kappa shape index (κ2) is 12.0. The molecule has 0 bridgehead atoms. The van der Waals surface area contributed by atoms with Crippen LogP contribution in [0.1, 0.15) is 19.3 Å². The Morgan fingerprint density at radius 2 is 1.85 bits per heavy atom. The summed E-state index contributed by atoms with van der Waals surface area (Å²) in [6.07, 6.45) is 5.68. The van der Waals surface area contributed by atoms with Crippen LogP contribution < -0.4 is 19.7 Å². The molecule has 11 heteroatoms. The zero-order valence-corrected chi connectivity index (χ0v) is 22.8. The van der Waals surface area contributed by atoms with Gasteiger partial charge in [0.2, 0.25) is 16.0 Å². The van der Waals surface area contributed by atoms with Crippen LogP contribution in [0.3, 0.4) is 0 Å². The fourth-order valence-electron chi connectivity index (χ4n) is 5.11. The van der Waals surface area contributed by atoms with Crippen LogP contribution in [0, 0.1) is 0 Å². The van der Waals surface area contributed by atoms with Crippen LogP contribution in [0.15, 0.2) is 71.9 Å². The van der Waals surface area contributed by atoms with Crippen molar-refractivity contribution in [3.8, 4) is 16.9 Å². The Hall–Kier alpha value is -3.09. The van der Waals surface area contributed by atoms with Crippen molar-refractivity contribution in [1.82, 2.24) is 20.0 Å². The van der Waals surface area contributed by atoms with Gasteiger partial charge < -0.3 is 24.8 Å². The lowest BCUT2D eigenvalue weighted by Gasteiger charge is -2.38. The van der Waals surface area contributed by atoms with Crippen LogP contribution in [0.4, 0.5) is 5.95 Å². The molecule has 0 saturated carbocycles. The van der Waals surface area contributed by atoms with E-state index >= 15 is 0 Å². The van der Waals surface area contributed by atoms with Gasteiger partial charge in [-0.3, -0.25) is 0 Å². The summed E-state index contributed by atoms with van der Waals surface area (Å²) in [6.45, 7) is 2.66. The number of anilines is 1. The third-order valence-corrected chi connectivity index (χ3v) is 8.79. The highest BCUT2D eigenvalue weighted by Crippen LogP contribution is 2.36. The van der Waals surface area contributed by atoms with Crippen molar-refractivity contribution in [2.45, 2.75) is 41.9 Å². The average Bonchev–Trinajstić information content (AvgIpc) is 3.38. The first kappa shape index (κ1) is 27.5. The third kappa shape index (κ3) is 6.74. The summed E-state index contributed by atoms with van der Waals surface area (Å²) >= 11 is 0. The van der Waals surface area contributed by atoms with Crippen LogP contribution in [0.5, 0.6) is 5.75 Å². The number of hydrogen-bond donors (Lipinski definition) is 3. The van der Waals surface area contributed by atoms with Crippen LogP contribution in [0.2, 0.25) is 0 Å². The van der Waals surface area contributed by atoms with Crippen molar-refractivity contribution in [2.24, 2.45) is 0 Å². The fraction of sp³-hybridized carbons (Fsp3) is 0.429. The lowest BCUT2D eigenvalue weighted by Crippen LogP contribution is -2.45. The Kier molecular flexibility index (Phi) is 8.43. The van der Waals surface area contributed by atoms with E-state index in [1.54, 1.807) is 12.1 Å². The van der Waals surface area contributed by atoms with Gasteiger partial charge in [-0.2, -0.15) is 0 Å². The topological polar surface area (TPSA) is 126 Å². The number of nitrogens with one attached hydrogen (secondary N) is 2. The maximum absolute atomic E-state index is 12.0. The highest BCUT2D eigenvalue weighted by atomic mass is 32.2. The van der Waals surface area contributed by atoms with Gasteiger partial charge in [-0.1, -0.05) is 36.4 Å². The molecule has 39 heavy (non-hydrogen) atoms. The van der Waals surface area contributed by atoms with Gasteiger partial charge in [0.1, 0.15) is 18.5 Å². The quantitative estimate of drug-likeness (QED) is 0.346. The molecule has 5 rings (SSSR count). The van der Waals surface area contributed by atoms with Gasteiger partial charge in [0, 0.05) is 49.7 Å². The number of aliphatic hydroxyl groups excluding tert-OH is 1. The van der Waals surface area contributed by atoms with Crippen LogP contribution in [-0.4, -0.2) is 81.1 Å². The Bertz CT molecular complexity index is 1330. The smallest absolute Gasteiger partial charge is 0.240 e. The van der Waals surface area contributed by atoms with Crippen molar-refractivity contribution in [3.05, 3.63) is 67.0 Å². The van der Waals surface area contributed by atoms with E-state index in [1.807, 2.05) is 30.6 Å². The molecule has 2 aromatic carbocycles. The SMILES string of the molecule is CNS(=O)(=O)c1cccc(OCC(O)CNC2COC3(CCN(c4ncc(-c5ccccc5)cn4)CC3)C2)c1. The first-order chi connectivity index (χ1) is 18.9. The number of benzene rings is 2. The molecule has 2 fully saturated rings. The van der Waals surface area contributed by atoms with Crippen molar-refractivity contribution >= 4 is 16.0 Å². The highest BCUT2D eigenvalue weighted by molar-refractivity contribution is 7.89. The predicted molar refractivity (Wildman–Crippen MR) is 148 cm³/mol. The number of rotatable bonds is 10. The van der Waals surface area contributed by atoms with E-state index in [1.165, 1.54) is 19.2 Å². The summed E-state index contributed by atoms with van der Waals surface area (Å²) in [5, 5.41) is 13.8. The normalized spacial score (nSPS) is 19.7. The number of ether oxygens (including phenoxy) is 2. The molecule has 3 heterocycles. The van der Waals surface area contributed by atoms with E-state index in [9.17, 15) is 13.5 Å². The molecule has 10 nitrogen and oxygen atoms in total. The molecule has 2 atom stereocenters. The second-order valence-electron chi connectivity index (χ2n) is 10.1. The summed E-state index contributed by atoms with van der Waals surface area (Å²) in [6, 6.07) is 16.5. The Balaban J connectivity index is 1.05. The van der Waals surface area contributed by atoms with E-state index in [4.69, 9.17) is 9.47 Å². The monoisotopic (exact) mass is 553 g/mol. The molecule has 2 saturated heterocycles. The summed E-state index contributed by atoms with van der Waals surface area (Å²) < 4.78 is 38.1. The van der Waals surface area contributed by atoms with Gasteiger partial charge in [0.05, 0.1) is 17.1 Å². The Morgan fingerprint density at radius 3 is 2.56 bits per heavy atom. The lowest BCUT2D eigenvalue weighted by atomic mass is 9.87. The first-order valence-corrected chi connectivity index (χ1v) is 14.7. The van der Waals surface area contributed by atoms with Gasteiger partial charge in [-0.25, -0.2) is 23.1 Å². The zero-order chi connectivity index (χ0) is 27.3. The number of hydrogen-bond acceptors (Lipinski definition) is 9. The number of nitrogens with zero attached hydrogens (tertiary/aromatic N) is 3. The molecule has 0 radical (unpaired) electrons. The summed E-state index contributed by atoms with van der Waals surface area (Å²) in [4.78, 5) is 11.5. The number of sulfonamides is 1. The molecule has 2 unspecified atom stereocenters. The van der Waals surface area contributed by atoms with Crippen LogP contribution >= 0.6 is 0 Å². The maximum atomic E-state index is 12.0. The predicted octanol–water partition coefficient (Wildman–Crippen LogP) is 2.21. The molecular weight excluding hydrogens is 518 g/mol. The molecule has 2 aliphatic rings. The average molecular weight is 554 g/mol. The van der Waals surface area contributed by atoms with E-state index in [0.29, 0.717) is 18.9 Å². The van der Waals surface area contributed by atoms with E-state index in [-0.39, 0.29) is 23.1 Å². The zero-order valence-electron chi connectivity index (χ0n) is 22.0. The van der Waals surface area contributed by atoms with Crippen molar-refractivity contribution in [3.63, 3.8) is 0 Å². The molecule has 1 aromatic heterocycles. The Morgan fingerprint density at radius 1 is 1.10 bits per heavy atom. The lowest BCUT2D eigenvalue weighted by molar-refractivity contribution is -0.0152. The summed E-state index contributed by atoms with van der Waals surface area (Å²) in [7, 11) is -2.20. The Labute approximate surface area is 229 Å². The van der Waals surface area contributed by atoms with Crippen molar-refractivity contribution in [1.29, 1.82) is 0 Å².